The first-order valence-corrected chi connectivity index (χ1v) is 5.96. The minimum absolute atomic E-state index is 0.364. The summed E-state index contributed by atoms with van der Waals surface area (Å²) in [4.78, 5) is 11.5. The van der Waals surface area contributed by atoms with Gasteiger partial charge in [0, 0.05) is 5.56 Å². The second-order valence-corrected chi connectivity index (χ2v) is 4.05. The van der Waals surface area contributed by atoms with Gasteiger partial charge in [-0.3, -0.25) is 4.79 Å². The van der Waals surface area contributed by atoms with E-state index in [-0.39, 0.29) is 0 Å². The monoisotopic (exact) mass is 264 g/mol. The molecule has 98 valence electrons. The molecule has 0 saturated heterocycles. The lowest BCUT2D eigenvalue weighted by atomic mass is 10.0. The lowest BCUT2D eigenvalue weighted by Crippen LogP contribution is -2.20. The van der Waals surface area contributed by atoms with E-state index >= 15 is 0 Å². The summed E-state index contributed by atoms with van der Waals surface area (Å²) in [5.74, 6) is -0.646. The third kappa shape index (κ3) is 3.06. The van der Waals surface area contributed by atoms with Gasteiger partial charge in [0.2, 0.25) is 5.91 Å². The summed E-state index contributed by atoms with van der Waals surface area (Å²) in [6.45, 7) is 0. The second-order valence-electron chi connectivity index (χ2n) is 4.05. The molecular weight excluding hydrogens is 252 g/mol. The smallest absolute Gasteiger partial charge is 0.248 e. The summed E-state index contributed by atoms with van der Waals surface area (Å²) in [5.41, 5.74) is 6.80. The number of nitrogens with zero attached hydrogens (tertiary/aromatic N) is 3. The summed E-state index contributed by atoms with van der Waals surface area (Å²) in [5, 5.41) is 17.0. The number of primary amides is 1. The number of nitriles is 1. The Balaban J connectivity index is 2.36. The van der Waals surface area contributed by atoms with Crippen molar-refractivity contribution in [3.05, 3.63) is 65.7 Å². The highest BCUT2D eigenvalue weighted by Gasteiger charge is 2.20. The average Bonchev–Trinajstić information content (AvgIpc) is 2.48. The minimum atomic E-state index is -0.967. The van der Waals surface area contributed by atoms with Crippen LogP contribution in [0.3, 0.4) is 0 Å². The van der Waals surface area contributed by atoms with Crippen LogP contribution >= 0.6 is 0 Å². The van der Waals surface area contributed by atoms with E-state index in [1.165, 1.54) is 0 Å². The quantitative estimate of drug-likeness (QED) is 0.860. The Labute approximate surface area is 116 Å². The molecule has 1 amide bonds. The molecule has 2 aromatic carbocycles. The molecule has 0 heterocycles. The summed E-state index contributed by atoms with van der Waals surface area (Å²) in [6.07, 6.45) is 0. The van der Waals surface area contributed by atoms with Gasteiger partial charge < -0.3 is 5.73 Å². The highest BCUT2D eigenvalue weighted by molar-refractivity contribution is 5.82. The number of benzene rings is 2. The fourth-order valence-electron chi connectivity index (χ4n) is 1.73. The number of carbonyl (C=O) groups is 1. The lowest BCUT2D eigenvalue weighted by molar-refractivity contribution is -0.119. The first kappa shape index (κ1) is 13.4. The Hall–Kier alpha value is -3.00. The maximum absolute atomic E-state index is 11.5. The Morgan fingerprint density at radius 3 is 2.40 bits per heavy atom. The minimum Gasteiger partial charge on any atom is -0.367 e. The number of azo groups is 1. The maximum atomic E-state index is 11.5. The summed E-state index contributed by atoms with van der Waals surface area (Å²) in [6, 6.07) is 16.8. The van der Waals surface area contributed by atoms with Crippen molar-refractivity contribution in [3.8, 4) is 6.07 Å². The highest BCUT2D eigenvalue weighted by atomic mass is 16.1. The number of hydrogen-bond acceptors (Lipinski definition) is 4. The van der Waals surface area contributed by atoms with Gasteiger partial charge in [-0.15, -0.1) is 0 Å². The molecule has 5 nitrogen and oxygen atoms in total. The van der Waals surface area contributed by atoms with Gasteiger partial charge in [0.1, 0.15) is 0 Å². The average molecular weight is 264 g/mol. The van der Waals surface area contributed by atoms with Crippen LogP contribution in [-0.2, 0) is 4.79 Å². The van der Waals surface area contributed by atoms with Crippen LogP contribution < -0.4 is 5.73 Å². The largest absolute Gasteiger partial charge is 0.367 e. The zero-order valence-corrected chi connectivity index (χ0v) is 10.6. The fraction of sp³-hybridized carbons (Fsp3) is 0.0667. The van der Waals surface area contributed by atoms with Crippen LogP contribution in [0.25, 0.3) is 0 Å². The Morgan fingerprint density at radius 1 is 1.10 bits per heavy atom. The molecule has 0 bridgehead atoms. The Bertz CT molecular complexity index is 674. The van der Waals surface area contributed by atoms with Gasteiger partial charge in [0.25, 0.3) is 0 Å². The Morgan fingerprint density at radius 2 is 1.75 bits per heavy atom. The summed E-state index contributed by atoms with van der Waals surface area (Å²) in [7, 11) is 0. The molecule has 0 aliphatic rings. The normalized spacial score (nSPS) is 11.9. The van der Waals surface area contributed by atoms with Crippen molar-refractivity contribution in [2.45, 2.75) is 6.04 Å². The van der Waals surface area contributed by atoms with E-state index in [1.54, 1.807) is 36.4 Å². The molecule has 1 atom stereocenters. The summed E-state index contributed by atoms with van der Waals surface area (Å²) < 4.78 is 0. The van der Waals surface area contributed by atoms with Crippen LogP contribution in [-0.4, -0.2) is 5.91 Å². The van der Waals surface area contributed by atoms with Gasteiger partial charge in [0.05, 0.1) is 17.3 Å². The topological polar surface area (TPSA) is 91.6 Å². The van der Waals surface area contributed by atoms with E-state index in [1.807, 2.05) is 24.3 Å². The maximum Gasteiger partial charge on any atom is 0.248 e. The number of nitrogens with two attached hydrogens (primary N) is 1. The molecule has 2 N–H and O–H groups in total. The second kappa shape index (κ2) is 6.25. The Kier molecular flexibility index (Phi) is 4.20. The first-order valence-electron chi connectivity index (χ1n) is 5.96. The van der Waals surface area contributed by atoms with Gasteiger partial charge in [-0.1, -0.05) is 36.4 Å². The molecular formula is C15H12N4O. The van der Waals surface area contributed by atoms with Gasteiger partial charge in [-0.2, -0.15) is 15.5 Å². The number of hydrogen-bond donors (Lipinski definition) is 1. The summed E-state index contributed by atoms with van der Waals surface area (Å²) >= 11 is 0. The van der Waals surface area contributed by atoms with Crippen molar-refractivity contribution in [2.75, 3.05) is 0 Å². The predicted octanol–water partition coefficient (Wildman–Crippen LogP) is 2.87. The van der Waals surface area contributed by atoms with Crippen molar-refractivity contribution >= 4 is 11.6 Å². The zero-order chi connectivity index (χ0) is 14.4. The van der Waals surface area contributed by atoms with Crippen molar-refractivity contribution < 1.29 is 4.79 Å². The van der Waals surface area contributed by atoms with Crippen LogP contribution in [0.1, 0.15) is 17.2 Å². The van der Waals surface area contributed by atoms with E-state index in [0.29, 0.717) is 16.8 Å². The van der Waals surface area contributed by atoms with Crippen LogP contribution in [0.4, 0.5) is 5.69 Å². The van der Waals surface area contributed by atoms with Gasteiger partial charge >= 0.3 is 0 Å². The lowest BCUT2D eigenvalue weighted by Gasteiger charge is -2.09. The zero-order valence-electron chi connectivity index (χ0n) is 10.6. The molecule has 2 rings (SSSR count). The molecule has 5 heteroatoms. The highest BCUT2D eigenvalue weighted by Crippen LogP contribution is 2.23. The van der Waals surface area contributed by atoms with Crippen molar-refractivity contribution in [3.63, 3.8) is 0 Å². The number of amides is 1. The van der Waals surface area contributed by atoms with Crippen molar-refractivity contribution in [2.24, 2.45) is 16.0 Å². The first-order chi connectivity index (χ1) is 9.72. The molecule has 0 aromatic heterocycles. The van der Waals surface area contributed by atoms with E-state index in [0.717, 1.165) is 0 Å². The van der Waals surface area contributed by atoms with Crippen molar-refractivity contribution in [1.82, 2.24) is 0 Å². The molecule has 0 aliphatic heterocycles. The van der Waals surface area contributed by atoms with E-state index in [4.69, 9.17) is 11.0 Å². The van der Waals surface area contributed by atoms with Gasteiger partial charge in [0.15, 0.2) is 6.04 Å². The number of rotatable bonds is 4. The fourth-order valence-corrected chi connectivity index (χ4v) is 1.73. The molecule has 0 saturated carbocycles. The molecule has 0 radical (unpaired) electrons. The van der Waals surface area contributed by atoms with E-state index in [2.05, 4.69) is 10.2 Å². The van der Waals surface area contributed by atoms with Crippen LogP contribution in [0, 0.1) is 11.3 Å². The molecule has 0 aliphatic carbocycles. The molecule has 2 aromatic rings. The predicted molar refractivity (Wildman–Crippen MR) is 74.1 cm³/mol. The molecule has 0 fully saturated rings. The third-order valence-corrected chi connectivity index (χ3v) is 2.69. The molecule has 20 heavy (non-hydrogen) atoms. The van der Waals surface area contributed by atoms with Crippen LogP contribution in [0.15, 0.2) is 64.8 Å². The van der Waals surface area contributed by atoms with E-state index < -0.39 is 11.9 Å². The van der Waals surface area contributed by atoms with Crippen LogP contribution in [0.5, 0.6) is 0 Å². The van der Waals surface area contributed by atoms with E-state index in [9.17, 15) is 4.79 Å². The molecule has 1 unspecified atom stereocenters. The third-order valence-electron chi connectivity index (χ3n) is 2.69. The number of carbonyl (C=O) groups excluding carboxylic acids is 1. The SMILES string of the molecule is N#Cc1ccccc1C(N=Nc1ccccc1)C(N)=O. The molecule has 0 spiro atoms. The van der Waals surface area contributed by atoms with Gasteiger partial charge in [-0.25, -0.2) is 0 Å². The van der Waals surface area contributed by atoms with Crippen LogP contribution in [0.2, 0.25) is 0 Å². The standard InChI is InChI=1S/C15H12N4O/c16-10-11-6-4-5-9-13(11)14(15(17)20)19-18-12-7-2-1-3-8-12/h1-9,14H,(H2,17,20). The van der Waals surface area contributed by atoms with Crippen molar-refractivity contribution in [1.29, 1.82) is 5.26 Å². The van der Waals surface area contributed by atoms with Gasteiger partial charge in [-0.05, 0) is 18.2 Å².